The summed E-state index contributed by atoms with van der Waals surface area (Å²) >= 11 is 0. The van der Waals surface area contributed by atoms with Gasteiger partial charge in [0.15, 0.2) is 5.96 Å². The molecule has 0 radical (unpaired) electrons. The van der Waals surface area contributed by atoms with Crippen molar-refractivity contribution < 1.29 is 13.9 Å². The summed E-state index contributed by atoms with van der Waals surface area (Å²) in [7, 11) is 1.66. The molecule has 1 fully saturated rings. The molecule has 33 heavy (non-hydrogen) atoms. The predicted molar refractivity (Wildman–Crippen MR) is 141 cm³/mol. The van der Waals surface area contributed by atoms with Gasteiger partial charge in [0.25, 0.3) is 0 Å². The molecule has 180 valence electrons. The Labute approximate surface area is 212 Å². The molecule has 1 aliphatic heterocycles. The summed E-state index contributed by atoms with van der Waals surface area (Å²) in [6, 6.07) is 14.2. The van der Waals surface area contributed by atoms with Crippen molar-refractivity contribution in [1.29, 1.82) is 0 Å². The highest BCUT2D eigenvalue weighted by atomic mass is 127. The van der Waals surface area contributed by atoms with Gasteiger partial charge in [0.1, 0.15) is 11.6 Å². The number of anilines is 1. The Morgan fingerprint density at radius 1 is 1.12 bits per heavy atom. The number of nitrogens with zero attached hydrogens (tertiary/aromatic N) is 3. The molecule has 1 heterocycles. The van der Waals surface area contributed by atoms with E-state index in [9.17, 15) is 9.18 Å². The fourth-order valence-corrected chi connectivity index (χ4v) is 3.75. The van der Waals surface area contributed by atoms with Gasteiger partial charge in [0.2, 0.25) is 5.91 Å². The van der Waals surface area contributed by atoms with Crippen molar-refractivity contribution >= 4 is 41.5 Å². The third kappa shape index (κ3) is 7.76. The van der Waals surface area contributed by atoms with Gasteiger partial charge in [-0.25, -0.2) is 4.39 Å². The van der Waals surface area contributed by atoms with E-state index < -0.39 is 11.8 Å². The molecule has 1 amide bonds. The Kier molecular flexibility index (Phi) is 10.7. The lowest BCUT2D eigenvalue weighted by Gasteiger charge is -2.37. The zero-order valence-corrected chi connectivity index (χ0v) is 21.5. The minimum Gasteiger partial charge on any atom is -0.497 e. The molecule has 3 N–H and O–H groups in total. The van der Waals surface area contributed by atoms with Crippen LogP contribution in [-0.2, 0) is 11.2 Å². The van der Waals surface area contributed by atoms with E-state index in [1.54, 1.807) is 19.2 Å². The maximum absolute atomic E-state index is 13.2. The standard InChI is InChI=1S/C24H32FN5O2.HI/c1-3-27-24(28-17-19(23(26)31)16-18-4-6-20(25)7-5-18)30-14-12-29(13-15-30)21-8-10-22(32-2)11-9-21;/h4-11,19H,3,12-17H2,1-2H3,(H2,26,31)(H,27,28);1H. The van der Waals surface area contributed by atoms with Gasteiger partial charge in [-0.3, -0.25) is 9.79 Å². The van der Waals surface area contributed by atoms with Crippen LogP contribution in [-0.4, -0.2) is 63.1 Å². The van der Waals surface area contributed by atoms with Crippen LogP contribution in [0.4, 0.5) is 10.1 Å². The number of ether oxygens (including phenoxy) is 1. The lowest BCUT2D eigenvalue weighted by atomic mass is 9.99. The second kappa shape index (κ2) is 13.2. The summed E-state index contributed by atoms with van der Waals surface area (Å²) in [4.78, 5) is 21.2. The number of aliphatic imine (C=N–C) groups is 1. The molecular formula is C24H33FIN5O2. The van der Waals surface area contributed by atoms with Gasteiger partial charge < -0.3 is 25.6 Å². The van der Waals surface area contributed by atoms with Gasteiger partial charge >= 0.3 is 0 Å². The van der Waals surface area contributed by atoms with E-state index in [-0.39, 0.29) is 36.3 Å². The summed E-state index contributed by atoms with van der Waals surface area (Å²) in [6.07, 6.45) is 0.434. The minimum absolute atomic E-state index is 0. The smallest absolute Gasteiger partial charge is 0.222 e. The average molecular weight is 569 g/mol. The molecule has 1 atom stereocenters. The van der Waals surface area contributed by atoms with Crippen LogP contribution in [0.1, 0.15) is 12.5 Å². The van der Waals surface area contributed by atoms with Crippen LogP contribution in [0.15, 0.2) is 53.5 Å². The van der Waals surface area contributed by atoms with Crippen LogP contribution in [0.25, 0.3) is 0 Å². The topological polar surface area (TPSA) is 83.2 Å². The third-order valence-electron chi connectivity index (χ3n) is 5.61. The summed E-state index contributed by atoms with van der Waals surface area (Å²) in [5, 5.41) is 3.33. The Morgan fingerprint density at radius 3 is 2.30 bits per heavy atom. The molecule has 2 aromatic rings. The van der Waals surface area contributed by atoms with E-state index in [0.717, 1.165) is 50.0 Å². The van der Waals surface area contributed by atoms with Gasteiger partial charge in [-0.05, 0) is 55.3 Å². The number of primary amides is 1. The van der Waals surface area contributed by atoms with Gasteiger partial charge in [0.05, 0.1) is 19.6 Å². The second-order valence-corrected chi connectivity index (χ2v) is 7.80. The quantitative estimate of drug-likeness (QED) is 0.291. The van der Waals surface area contributed by atoms with Crippen LogP contribution in [0.5, 0.6) is 5.75 Å². The van der Waals surface area contributed by atoms with E-state index >= 15 is 0 Å². The van der Waals surface area contributed by atoms with Crippen molar-refractivity contribution in [2.75, 3.05) is 51.3 Å². The fraction of sp³-hybridized carbons (Fsp3) is 0.417. The largest absolute Gasteiger partial charge is 0.497 e. The number of nitrogens with one attached hydrogen (secondary N) is 1. The Balaban J connectivity index is 0.00000385. The summed E-state index contributed by atoms with van der Waals surface area (Å²) in [5.41, 5.74) is 7.66. The molecule has 9 heteroatoms. The number of hydrogen-bond donors (Lipinski definition) is 2. The van der Waals surface area contributed by atoms with E-state index in [1.165, 1.54) is 17.8 Å². The first-order chi connectivity index (χ1) is 15.5. The zero-order valence-electron chi connectivity index (χ0n) is 19.2. The lowest BCUT2D eigenvalue weighted by Crippen LogP contribution is -2.52. The second-order valence-electron chi connectivity index (χ2n) is 7.80. The van der Waals surface area contributed by atoms with E-state index in [1.807, 2.05) is 19.1 Å². The first kappa shape index (κ1) is 26.7. The summed E-state index contributed by atoms with van der Waals surface area (Å²) in [6.45, 7) is 6.41. The number of methoxy groups -OCH3 is 1. The molecule has 3 rings (SSSR count). The number of carbonyl (C=O) groups is 1. The number of amides is 1. The highest BCUT2D eigenvalue weighted by molar-refractivity contribution is 14.0. The molecule has 0 bridgehead atoms. The van der Waals surface area contributed by atoms with Crippen LogP contribution in [0, 0.1) is 11.7 Å². The normalized spacial score (nSPS) is 14.9. The Morgan fingerprint density at radius 2 is 1.76 bits per heavy atom. The van der Waals surface area contributed by atoms with Crippen molar-refractivity contribution in [3.05, 3.63) is 59.9 Å². The number of guanidine groups is 1. The van der Waals surface area contributed by atoms with Gasteiger partial charge in [0, 0.05) is 38.4 Å². The number of piperazine rings is 1. The first-order valence-corrected chi connectivity index (χ1v) is 11.0. The van der Waals surface area contributed by atoms with Gasteiger partial charge in [-0.15, -0.1) is 24.0 Å². The van der Waals surface area contributed by atoms with Gasteiger partial charge in [-0.1, -0.05) is 12.1 Å². The van der Waals surface area contributed by atoms with E-state index in [0.29, 0.717) is 6.42 Å². The lowest BCUT2D eigenvalue weighted by molar-refractivity contribution is -0.121. The summed E-state index contributed by atoms with van der Waals surface area (Å²) < 4.78 is 18.4. The molecule has 0 aromatic heterocycles. The molecule has 2 aromatic carbocycles. The first-order valence-electron chi connectivity index (χ1n) is 11.0. The molecule has 1 aliphatic rings. The molecule has 1 unspecified atom stereocenters. The number of hydrogen-bond acceptors (Lipinski definition) is 4. The molecule has 0 spiro atoms. The van der Waals surface area contributed by atoms with Crippen molar-refractivity contribution in [3.8, 4) is 5.75 Å². The van der Waals surface area contributed by atoms with Gasteiger partial charge in [-0.2, -0.15) is 0 Å². The molecule has 7 nitrogen and oxygen atoms in total. The third-order valence-corrected chi connectivity index (χ3v) is 5.61. The number of rotatable bonds is 8. The van der Waals surface area contributed by atoms with E-state index in [2.05, 4.69) is 27.2 Å². The average Bonchev–Trinajstić information content (AvgIpc) is 2.82. The van der Waals surface area contributed by atoms with E-state index in [4.69, 9.17) is 15.5 Å². The van der Waals surface area contributed by atoms with Crippen molar-refractivity contribution in [1.82, 2.24) is 10.2 Å². The maximum atomic E-state index is 13.2. The minimum atomic E-state index is -0.449. The van der Waals surface area contributed by atoms with Crippen molar-refractivity contribution in [2.24, 2.45) is 16.6 Å². The van der Waals surface area contributed by atoms with Crippen molar-refractivity contribution in [3.63, 3.8) is 0 Å². The number of nitrogens with two attached hydrogens (primary N) is 1. The van der Waals surface area contributed by atoms with Crippen molar-refractivity contribution in [2.45, 2.75) is 13.3 Å². The Bertz CT molecular complexity index is 900. The monoisotopic (exact) mass is 569 g/mol. The van der Waals surface area contributed by atoms with Crippen LogP contribution in [0.3, 0.4) is 0 Å². The predicted octanol–water partition coefficient (Wildman–Crippen LogP) is 2.88. The molecule has 0 aliphatic carbocycles. The SMILES string of the molecule is CCNC(=NCC(Cc1ccc(F)cc1)C(N)=O)N1CCN(c2ccc(OC)cc2)CC1.I. The number of benzene rings is 2. The van der Waals surface area contributed by atoms with Crippen LogP contribution >= 0.6 is 24.0 Å². The molecule has 1 saturated heterocycles. The molecule has 0 saturated carbocycles. The Hall–Kier alpha value is -2.56. The zero-order chi connectivity index (χ0) is 22.9. The fourth-order valence-electron chi connectivity index (χ4n) is 3.75. The number of carbonyl (C=O) groups excluding carboxylic acids is 1. The highest BCUT2D eigenvalue weighted by Gasteiger charge is 2.21. The van der Waals surface area contributed by atoms with Crippen LogP contribution < -0.4 is 20.7 Å². The van der Waals surface area contributed by atoms with Crippen LogP contribution in [0.2, 0.25) is 0 Å². The highest BCUT2D eigenvalue weighted by Crippen LogP contribution is 2.20. The molecular weight excluding hydrogens is 536 g/mol. The maximum Gasteiger partial charge on any atom is 0.222 e. The summed E-state index contributed by atoms with van der Waals surface area (Å²) in [5.74, 6) is 0.476. The number of halogens is 2.